The molecule has 0 atom stereocenters. The van der Waals surface area contributed by atoms with Crippen molar-refractivity contribution in [3.8, 4) is 5.75 Å². The molecule has 0 saturated carbocycles. The van der Waals surface area contributed by atoms with E-state index in [4.69, 9.17) is 5.11 Å². The van der Waals surface area contributed by atoms with Crippen LogP contribution in [0.15, 0.2) is 19.5 Å². The number of carboxylic acid groups (broad SMARTS) is 1. The molecule has 0 bridgehead atoms. The molecular formula is C7H3Br3O3. The highest BCUT2D eigenvalue weighted by Gasteiger charge is 2.18. The van der Waals surface area contributed by atoms with Crippen LogP contribution in [0.1, 0.15) is 10.4 Å². The molecule has 0 unspecified atom stereocenters. The highest BCUT2D eigenvalue weighted by molar-refractivity contribution is 9.13. The van der Waals surface area contributed by atoms with E-state index in [0.717, 1.165) is 0 Å². The first kappa shape index (κ1) is 11.0. The van der Waals surface area contributed by atoms with Gasteiger partial charge >= 0.3 is 5.97 Å². The zero-order valence-electron chi connectivity index (χ0n) is 6.01. The number of carboxylic acids is 1. The molecule has 0 radical (unpaired) electrons. The van der Waals surface area contributed by atoms with Gasteiger partial charge in [-0.2, -0.15) is 0 Å². The van der Waals surface area contributed by atoms with Crippen LogP contribution in [-0.2, 0) is 0 Å². The van der Waals surface area contributed by atoms with Crippen LogP contribution in [0.5, 0.6) is 5.75 Å². The van der Waals surface area contributed by atoms with Crippen molar-refractivity contribution >= 4 is 53.8 Å². The van der Waals surface area contributed by atoms with E-state index in [1.807, 2.05) is 0 Å². The fourth-order valence-corrected chi connectivity index (χ4v) is 2.53. The van der Waals surface area contributed by atoms with Gasteiger partial charge in [-0.3, -0.25) is 0 Å². The van der Waals surface area contributed by atoms with Gasteiger partial charge in [0.15, 0.2) is 0 Å². The number of rotatable bonds is 1. The summed E-state index contributed by atoms with van der Waals surface area (Å²) in [6.07, 6.45) is 0. The van der Waals surface area contributed by atoms with Crippen LogP contribution in [0.3, 0.4) is 0 Å². The minimum Gasteiger partial charge on any atom is -0.507 e. The molecule has 2 N–H and O–H groups in total. The van der Waals surface area contributed by atoms with Gasteiger partial charge in [0.2, 0.25) is 0 Å². The standard InChI is InChI=1S/C7H3Br3O3/c8-2-1-3(11)5(9)6(10)4(2)7(12)13/h1,11H,(H,12,13). The van der Waals surface area contributed by atoms with Crippen LogP contribution < -0.4 is 0 Å². The van der Waals surface area contributed by atoms with Crippen LogP contribution >= 0.6 is 47.8 Å². The maximum absolute atomic E-state index is 10.7. The first-order valence-electron chi connectivity index (χ1n) is 3.05. The molecule has 0 saturated heterocycles. The van der Waals surface area contributed by atoms with E-state index in [1.54, 1.807) is 0 Å². The number of hydrogen-bond acceptors (Lipinski definition) is 2. The normalized spacial score (nSPS) is 10.1. The fraction of sp³-hybridized carbons (Fsp3) is 0. The zero-order valence-corrected chi connectivity index (χ0v) is 10.8. The van der Waals surface area contributed by atoms with Gasteiger partial charge in [-0.1, -0.05) is 0 Å². The molecule has 0 amide bonds. The quantitative estimate of drug-likeness (QED) is 0.741. The number of phenols is 1. The summed E-state index contributed by atoms with van der Waals surface area (Å²) in [7, 11) is 0. The molecular weight excluding hydrogens is 372 g/mol. The van der Waals surface area contributed by atoms with Gasteiger partial charge in [0.05, 0.1) is 14.5 Å². The average Bonchev–Trinajstić information content (AvgIpc) is 1.99. The molecule has 1 aromatic rings. The van der Waals surface area contributed by atoms with Crippen molar-refractivity contribution in [3.63, 3.8) is 0 Å². The largest absolute Gasteiger partial charge is 0.507 e. The van der Waals surface area contributed by atoms with Gasteiger partial charge in [0.1, 0.15) is 5.75 Å². The van der Waals surface area contributed by atoms with Crippen molar-refractivity contribution in [3.05, 3.63) is 25.0 Å². The first-order chi connectivity index (χ1) is 5.95. The Balaban J connectivity index is 3.53. The first-order valence-corrected chi connectivity index (χ1v) is 5.42. The van der Waals surface area contributed by atoms with E-state index in [9.17, 15) is 9.90 Å². The van der Waals surface area contributed by atoms with Crippen molar-refractivity contribution < 1.29 is 15.0 Å². The summed E-state index contributed by atoms with van der Waals surface area (Å²) in [6.45, 7) is 0. The predicted octanol–water partition coefficient (Wildman–Crippen LogP) is 3.38. The summed E-state index contributed by atoms with van der Waals surface area (Å²) in [5.74, 6) is -1.09. The minimum atomic E-state index is -1.07. The summed E-state index contributed by atoms with van der Waals surface area (Å²) in [5.41, 5.74) is 0.0738. The number of benzene rings is 1. The molecule has 0 aliphatic heterocycles. The van der Waals surface area contributed by atoms with E-state index >= 15 is 0 Å². The third kappa shape index (κ3) is 2.05. The number of aromatic hydroxyl groups is 1. The highest BCUT2D eigenvalue weighted by Crippen LogP contribution is 2.38. The van der Waals surface area contributed by atoms with Crippen LogP contribution in [0.4, 0.5) is 0 Å². The average molecular weight is 375 g/mol. The summed E-state index contributed by atoms with van der Waals surface area (Å²) >= 11 is 9.16. The van der Waals surface area contributed by atoms with Crippen molar-refractivity contribution in [2.24, 2.45) is 0 Å². The maximum atomic E-state index is 10.7. The Morgan fingerprint density at radius 3 is 2.23 bits per heavy atom. The molecule has 0 spiro atoms. The molecule has 0 fully saturated rings. The SMILES string of the molecule is O=C(O)c1c(Br)cc(O)c(Br)c1Br. The lowest BCUT2D eigenvalue weighted by Crippen LogP contribution is -1.99. The Hall–Kier alpha value is -0.0700. The molecule has 13 heavy (non-hydrogen) atoms. The smallest absolute Gasteiger partial charge is 0.338 e. The van der Waals surface area contributed by atoms with Gasteiger partial charge in [-0.05, 0) is 53.9 Å². The lowest BCUT2D eigenvalue weighted by molar-refractivity contribution is 0.0695. The van der Waals surface area contributed by atoms with E-state index in [0.29, 0.717) is 13.4 Å². The van der Waals surface area contributed by atoms with E-state index in [-0.39, 0.29) is 11.3 Å². The summed E-state index contributed by atoms with van der Waals surface area (Å²) in [4.78, 5) is 10.7. The summed E-state index contributed by atoms with van der Waals surface area (Å²) < 4.78 is 0.965. The molecule has 0 heterocycles. The molecule has 1 rings (SSSR count). The third-order valence-corrected chi connectivity index (χ3v) is 4.11. The molecule has 0 aliphatic carbocycles. The van der Waals surface area contributed by atoms with Crippen LogP contribution in [-0.4, -0.2) is 16.2 Å². The number of aromatic carboxylic acids is 1. The Labute approximate surface area is 99.1 Å². The van der Waals surface area contributed by atoms with Gasteiger partial charge < -0.3 is 10.2 Å². The molecule has 0 aliphatic rings. The Morgan fingerprint density at radius 2 is 1.77 bits per heavy atom. The lowest BCUT2D eigenvalue weighted by Gasteiger charge is -2.06. The third-order valence-electron chi connectivity index (χ3n) is 1.35. The van der Waals surface area contributed by atoms with E-state index in [1.165, 1.54) is 6.07 Å². The number of halogens is 3. The van der Waals surface area contributed by atoms with Crippen molar-refractivity contribution in [2.45, 2.75) is 0 Å². The Bertz CT molecular complexity index is 376. The van der Waals surface area contributed by atoms with Crippen LogP contribution in [0.2, 0.25) is 0 Å². The monoisotopic (exact) mass is 372 g/mol. The summed E-state index contributed by atoms with van der Waals surface area (Å²) in [6, 6.07) is 1.32. The Kier molecular flexibility index (Phi) is 3.37. The van der Waals surface area contributed by atoms with Crippen LogP contribution in [0, 0.1) is 0 Å². The minimum absolute atomic E-state index is 0.0243. The van der Waals surface area contributed by atoms with Crippen molar-refractivity contribution in [1.82, 2.24) is 0 Å². The molecule has 1 aromatic carbocycles. The number of carbonyl (C=O) groups is 1. The van der Waals surface area contributed by atoms with E-state index in [2.05, 4.69) is 47.8 Å². The van der Waals surface area contributed by atoms with Crippen molar-refractivity contribution in [1.29, 1.82) is 0 Å². The highest BCUT2D eigenvalue weighted by atomic mass is 79.9. The second-order valence-electron chi connectivity index (χ2n) is 2.19. The molecule has 6 heteroatoms. The second-order valence-corrected chi connectivity index (χ2v) is 4.63. The van der Waals surface area contributed by atoms with Gasteiger partial charge in [0, 0.05) is 4.47 Å². The lowest BCUT2D eigenvalue weighted by atomic mass is 10.2. The zero-order chi connectivity index (χ0) is 10.2. The number of phenolic OH excluding ortho intramolecular Hbond substituents is 1. The molecule has 0 aromatic heterocycles. The van der Waals surface area contributed by atoms with Gasteiger partial charge in [-0.15, -0.1) is 0 Å². The molecule has 3 nitrogen and oxygen atoms in total. The van der Waals surface area contributed by atoms with Crippen molar-refractivity contribution in [2.75, 3.05) is 0 Å². The predicted molar refractivity (Wildman–Crippen MR) is 58.2 cm³/mol. The van der Waals surface area contributed by atoms with Gasteiger partial charge in [0.25, 0.3) is 0 Å². The van der Waals surface area contributed by atoms with Gasteiger partial charge in [-0.25, -0.2) is 4.79 Å². The second kappa shape index (κ2) is 3.98. The maximum Gasteiger partial charge on any atom is 0.338 e. The van der Waals surface area contributed by atoms with E-state index < -0.39 is 5.97 Å². The van der Waals surface area contributed by atoms with Crippen LogP contribution in [0.25, 0.3) is 0 Å². The fourth-order valence-electron chi connectivity index (χ4n) is 0.779. The topological polar surface area (TPSA) is 57.5 Å². The summed E-state index contributed by atoms with van der Waals surface area (Å²) in [5, 5.41) is 18.1. The number of hydrogen-bond donors (Lipinski definition) is 2. The molecule has 70 valence electrons. The Morgan fingerprint density at radius 1 is 1.23 bits per heavy atom.